The Kier molecular flexibility index (Phi) is 5.66. The largest absolute Gasteiger partial charge is 0.497 e. The molecule has 0 spiro atoms. The Morgan fingerprint density at radius 3 is 2.71 bits per heavy atom. The molecule has 1 unspecified atom stereocenters. The Balaban J connectivity index is 1.68. The molecule has 1 aromatic heterocycles. The second-order valence-electron chi connectivity index (χ2n) is 7.31. The number of Topliss-reactive ketones (excluding diaryl/α,β-unsaturated/α-hetero) is 2. The van der Waals surface area contributed by atoms with Gasteiger partial charge in [0, 0.05) is 30.3 Å². The van der Waals surface area contributed by atoms with Gasteiger partial charge in [0.05, 0.1) is 26.0 Å². The van der Waals surface area contributed by atoms with Crippen LogP contribution in [0.5, 0.6) is 11.5 Å². The third kappa shape index (κ3) is 3.98. The molecule has 0 radical (unpaired) electrons. The molecule has 31 heavy (non-hydrogen) atoms. The molecule has 0 saturated heterocycles. The van der Waals surface area contributed by atoms with Gasteiger partial charge in [0.2, 0.25) is 0 Å². The lowest BCUT2D eigenvalue weighted by molar-refractivity contribution is -0.132. The zero-order chi connectivity index (χ0) is 22.0. The topological polar surface area (TPSA) is 112 Å². The number of aromatic nitrogens is 3. The predicted octanol–water partition coefficient (Wildman–Crippen LogP) is 2.28. The number of hydrogen-bond donors (Lipinski definition) is 1. The fraction of sp³-hybridized carbons (Fsp3) is 0.318. The minimum Gasteiger partial charge on any atom is -0.497 e. The van der Waals surface area contributed by atoms with Gasteiger partial charge in [0.1, 0.15) is 28.8 Å². The number of anilines is 1. The van der Waals surface area contributed by atoms with Gasteiger partial charge in [-0.05, 0) is 30.7 Å². The molecule has 160 valence electrons. The van der Waals surface area contributed by atoms with Crippen LogP contribution in [0.15, 0.2) is 41.2 Å². The second kappa shape index (κ2) is 8.55. The van der Waals surface area contributed by atoms with Gasteiger partial charge in [-0.25, -0.2) is 0 Å². The van der Waals surface area contributed by atoms with Crippen LogP contribution >= 0.6 is 0 Å². The van der Waals surface area contributed by atoms with Crippen LogP contribution in [0.4, 0.5) is 5.69 Å². The van der Waals surface area contributed by atoms with Crippen molar-refractivity contribution >= 4 is 28.2 Å². The Labute approximate surface area is 178 Å². The summed E-state index contributed by atoms with van der Waals surface area (Å²) in [6, 6.07) is 9.98. The molecular weight excluding hydrogens is 400 g/mol. The monoisotopic (exact) mass is 422 g/mol. The highest BCUT2D eigenvalue weighted by molar-refractivity contribution is 6.03. The molecule has 1 N–H and O–H groups in total. The highest BCUT2D eigenvalue weighted by Crippen LogP contribution is 2.27. The van der Waals surface area contributed by atoms with E-state index in [9.17, 15) is 14.4 Å². The van der Waals surface area contributed by atoms with Gasteiger partial charge in [-0.2, -0.15) is 4.68 Å². The normalized spacial score (nSPS) is 16.4. The third-order valence-corrected chi connectivity index (χ3v) is 5.41. The number of methoxy groups -OCH3 is 2. The number of fused-ring (bicyclic) bond motifs is 1. The maximum absolute atomic E-state index is 13.2. The van der Waals surface area contributed by atoms with Crippen molar-refractivity contribution in [1.82, 2.24) is 15.0 Å². The molecule has 2 aromatic carbocycles. The molecule has 0 amide bonds. The first-order valence-electron chi connectivity index (χ1n) is 9.89. The SMILES string of the molecule is COc1ccc(CNc2cccc3nnn(C4CCC(=O)CC4=O)c(=O)c23)c(OC)c1. The molecule has 1 aliphatic rings. The van der Waals surface area contributed by atoms with Gasteiger partial charge in [-0.15, -0.1) is 5.10 Å². The molecule has 1 saturated carbocycles. The summed E-state index contributed by atoms with van der Waals surface area (Å²) in [5.74, 6) is 0.917. The smallest absolute Gasteiger partial charge is 0.280 e. The van der Waals surface area contributed by atoms with Crippen LogP contribution in [0.3, 0.4) is 0 Å². The standard InChI is InChI=1S/C22H22N4O5/c1-30-15-8-6-13(20(11-15)31-2)12-23-16-4-3-5-17-21(16)22(29)26(25-24-17)18-9-7-14(27)10-19(18)28/h3-6,8,11,18,23H,7,9-10,12H2,1-2H3. The number of benzene rings is 2. The molecule has 1 fully saturated rings. The van der Waals surface area contributed by atoms with Crippen LogP contribution < -0.4 is 20.3 Å². The average Bonchev–Trinajstić information content (AvgIpc) is 2.78. The van der Waals surface area contributed by atoms with Crippen LogP contribution in [0.1, 0.15) is 30.9 Å². The van der Waals surface area contributed by atoms with E-state index in [1.807, 2.05) is 12.1 Å². The van der Waals surface area contributed by atoms with E-state index >= 15 is 0 Å². The van der Waals surface area contributed by atoms with Crippen molar-refractivity contribution in [3.05, 3.63) is 52.3 Å². The number of carbonyl (C=O) groups is 2. The number of nitrogens with one attached hydrogen (secondary N) is 1. The predicted molar refractivity (Wildman–Crippen MR) is 114 cm³/mol. The lowest BCUT2D eigenvalue weighted by Crippen LogP contribution is -2.36. The van der Waals surface area contributed by atoms with Crippen LogP contribution in [0.2, 0.25) is 0 Å². The van der Waals surface area contributed by atoms with Crippen LogP contribution in [-0.4, -0.2) is 40.8 Å². The number of hydrogen-bond acceptors (Lipinski definition) is 8. The van der Waals surface area contributed by atoms with E-state index in [0.29, 0.717) is 34.6 Å². The molecule has 9 nitrogen and oxygen atoms in total. The molecule has 1 heterocycles. The lowest BCUT2D eigenvalue weighted by Gasteiger charge is -2.20. The van der Waals surface area contributed by atoms with E-state index in [4.69, 9.17) is 9.47 Å². The number of carbonyl (C=O) groups excluding carboxylic acids is 2. The van der Waals surface area contributed by atoms with E-state index in [-0.39, 0.29) is 30.8 Å². The maximum Gasteiger partial charge on any atom is 0.280 e. The highest BCUT2D eigenvalue weighted by atomic mass is 16.5. The minimum absolute atomic E-state index is 0.112. The first-order chi connectivity index (χ1) is 15.0. The summed E-state index contributed by atoms with van der Waals surface area (Å²) >= 11 is 0. The number of ether oxygens (including phenoxy) is 2. The summed E-state index contributed by atoms with van der Waals surface area (Å²) in [4.78, 5) is 37.1. The summed E-state index contributed by atoms with van der Waals surface area (Å²) in [7, 11) is 3.16. The molecular formula is C22H22N4O5. The summed E-state index contributed by atoms with van der Waals surface area (Å²) in [5, 5.41) is 11.7. The quantitative estimate of drug-likeness (QED) is 0.602. The molecule has 9 heteroatoms. The summed E-state index contributed by atoms with van der Waals surface area (Å²) in [6.07, 6.45) is 0.337. The summed E-state index contributed by atoms with van der Waals surface area (Å²) in [6.45, 7) is 0.394. The van der Waals surface area contributed by atoms with E-state index in [1.165, 1.54) is 0 Å². The van der Waals surface area contributed by atoms with E-state index in [2.05, 4.69) is 15.6 Å². The maximum atomic E-state index is 13.2. The molecule has 1 aliphatic carbocycles. The average molecular weight is 422 g/mol. The van der Waals surface area contributed by atoms with Crippen LogP contribution in [-0.2, 0) is 16.1 Å². The number of nitrogens with zero attached hydrogens (tertiary/aromatic N) is 3. The molecule has 0 bridgehead atoms. The molecule has 3 aromatic rings. The van der Waals surface area contributed by atoms with E-state index < -0.39 is 11.6 Å². The number of rotatable bonds is 6. The number of ketones is 2. The fourth-order valence-electron chi connectivity index (χ4n) is 3.76. The molecule has 4 rings (SSSR count). The second-order valence-corrected chi connectivity index (χ2v) is 7.31. The first kappa shape index (κ1) is 20.5. The zero-order valence-corrected chi connectivity index (χ0v) is 17.3. The van der Waals surface area contributed by atoms with E-state index in [0.717, 1.165) is 10.2 Å². The van der Waals surface area contributed by atoms with Crippen molar-refractivity contribution in [2.24, 2.45) is 0 Å². The van der Waals surface area contributed by atoms with Gasteiger partial charge in [0.25, 0.3) is 5.56 Å². The summed E-state index contributed by atoms with van der Waals surface area (Å²) < 4.78 is 11.8. The van der Waals surface area contributed by atoms with Gasteiger partial charge < -0.3 is 14.8 Å². The van der Waals surface area contributed by atoms with Crippen molar-refractivity contribution in [3.8, 4) is 11.5 Å². The van der Waals surface area contributed by atoms with E-state index in [1.54, 1.807) is 38.5 Å². The summed E-state index contributed by atoms with van der Waals surface area (Å²) in [5.41, 5.74) is 1.46. The Morgan fingerprint density at radius 1 is 1.13 bits per heavy atom. The molecule has 1 atom stereocenters. The molecule has 0 aliphatic heterocycles. The fourth-order valence-corrected chi connectivity index (χ4v) is 3.76. The third-order valence-electron chi connectivity index (χ3n) is 5.41. The van der Waals surface area contributed by atoms with Crippen molar-refractivity contribution in [2.75, 3.05) is 19.5 Å². The van der Waals surface area contributed by atoms with Gasteiger partial charge in [-0.3, -0.25) is 14.4 Å². The van der Waals surface area contributed by atoms with Crippen molar-refractivity contribution in [3.63, 3.8) is 0 Å². The Morgan fingerprint density at radius 2 is 1.97 bits per heavy atom. The van der Waals surface area contributed by atoms with Crippen molar-refractivity contribution in [2.45, 2.75) is 31.8 Å². The van der Waals surface area contributed by atoms with Crippen LogP contribution in [0, 0.1) is 0 Å². The van der Waals surface area contributed by atoms with Gasteiger partial charge in [-0.1, -0.05) is 11.3 Å². The highest BCUT2D eigenvalue weighted by Gasteiger charge is 2.30. The first-order valence-corrected chi connectivity index (χ1v) is 9.89. The van der Waals surface area contributed by atoms with Crippen molar-refractivity contribution < 1.29 is 19.1 Å². The van der Waals surface area contributed by atoms with Gasteiger partial charge >= 0.3 is 0 Å². The minimum atomic E-state index is -0.767. The van der Waals surface area contributed by atoms with Gasteiger partial charge in [0.15, 0.2) is 5.78 Å². The zero-order valence-electron chi connectivity index (χ0n) is 17.3. The Bertz CT molecular complexity index is 1220. The van der Waals surface area contributed by atoms with Crippen LogP contribution in [0.25, 0.3) is 10.9 Å². The lowest BCUT2D eigenvalue weighted by atomic mass is 9.93. The Hall–Kier alpha value is -3.75. The van der Waals surface area contributed by atoms with Crippen molar-refractivity contribution in [1.29, 1.82) is 0 Å².